The Kier molecular flexibility index (Phi) is 4.70. The van der Waals surface area contributed by atoms with Crippen LogP contribution in [0.15, 0.2) is 116 Å². The van der Waals surface area contributed by atoms with Crippen LogP contribution in [0, 0.1) is 6.92 Å². The minimum absolute atomic E-state index is 1.02. The first kappa shape index (κ1) is 19.4. The molecule has 0 saturated carbocycles. The lowest BCUT2D eigenvalue weighted by molar-refractivity contribution is 1.17. The number of aryl methyl sites for hydroxylation is 1. The van der Waals surface area contributed by atoms with Gasteiger partial charge < -0.3 is 0 Å². The van der Waals surface area contributed by atoms with Gasteiger partial charge in [0.05, 0.1) is 0 Å². The number of fused-ring (bicyclic) bond motifs is 2. The summed E-state index contributed by atoms with van der Waals surface area (Å²) in [6.07, 6.45) is 5.30. The van der Waals surface area contributed by atoms with Crippen LogP contribution in [0.25, 0.3) is 54.9 Å². The highest BCUT2D eigenvalue weighted by Crippen LogP contribution is 2.40. The molecule has 0 amide bonds. The van der Waals surface area contributed by atoms with E-state index in [1.807, 2.05) is 12.4 Å². The molecule has 0 unspecified atom stereocenters. The quantitative estimate of drug-likeness (QED) is 0.269. The highest BCUT2D eigenvalue weighted by molar-refractivity contribution is 6.14. The molecule has 1 aromatic heterocycles. The molecule has 33 heavy (non-hydrogen) atoms. The summed E-state index contributed by atoms with van der Waals surface area (Å²) < 4.78 is 0. The lowest BCUT2D eigenvalue weighted by atomic mass is 9.88. The van der Waals surface area contributed by atoms with Crippen molar-refractivity contribution in [3.63, 3.8) is 0 Å². The Balaban J connectivity index is 1.67. The molecule has 0 bridgehead atoms. The summed E-state index contributed by atoms with van der Waals surface area (Å²) in [5.74, 6) is 0. The van der Waals surface area contributed by atoms with Gasteiger partial charge in [-0.05, 0) is 80.0 Å². The van der Waals surface area contributed by atoms with Crippen LogP contribution in [-0.2, 0) is 0 Å². The average Bonchev–Trinajstić information content (AvgIpc) is 2.88. The standard InChI is InChI=1S/C31H22N2/c1-21-7-5-6-10-28(21)31-29-13-11-23(22-8-3-2-4-9-22)15-25(29)17-26-16-24(12-14-30(26)31)27-18-32-20-33-19-27/h2-20H,1H3. The fourth-order valence-electron chi connectivity index (χ4n) is 4.71. The van der Waals surface area contributed by atoms with E-state index < -0.39 is 0 Å². The fraction of sp³-hybridized carbons (Fsp3) is 0.0323. The van der Waals surface area contributed by atoms with Gasteiger partial charge in [0.2, 0.25) is 0 Å². The Bertz CT molecular complexity index is 1510. The molecule has 6 aromatic rings. The Morgan fingerprint density at radius 3 is 1.79 bits per heavy atom. The van der Waals surface area contributed by atoms with Crippen molar-refractivity contribution in [3.8, 4) is 33.4 Å². The Morgan fingerprint density at radius 2 is 1.12 bits per heavy atom. The summed E-state index contributed by atoms with van der Waals surface area (Å²) in [4.78, 5) is 8.40. The minimum atomic E-state index is 1.02. The van der Waals surface area contributed by atoms with Gasteiger partial charge in [-0.1, -0.05) is 78.9 Å². The first-order valence-electron chi connectivity index (χ1n) is 11.2. The molecule has 2 nitrogen and oxygen atoms in total. The van der Waals surface area contributed by atoms with Crippen LogP contribution in [0.3, 0.4) is 0 Å². The van der Waals surface area contributed by atoms with Crippen LogP contribution in [0.5, 0.6) is 0 Å². The molecular formula is C31H22N2. The lowest BCUT2D eigenvalue weighted by Crippen LogP contribution is -1.90. The van der Waals surface area contributed by atoms with Gasteiger partial charge in [0.25, 0.3) is 0 Å². The predicted molar refractivity (Wildman–Crippen MR) is 138 cm³/mol. The van der Waals surface area contributed by atoms with Crippen LogP contribution in [-0.4, -0.2) is 9.97 Å². The molecule has 156 valence electrons. The second-order valence-electron chi connectivity index (χ2n) is 8.43. The van der Waals surface area contributed by atoms with Crippen molar-refractivity contribution in [2.24, 2.45) is 0 Å². The number of benzene rings is 5. The van der Waals surface area contributed by atoms with Gasteiger partial charge in [0.1, 0.15) is 6.33 Å². The minimum Gasteiger partial charge on any atom is -0.244 e. The molecule has 0 aliphatic carbocycles. The molecule has 0 atom stereocenters. The van der Waals surface area contributed by atoms with E-state index in [1.54, 1.807) is 6.33 Å². The van der Waals surface area contributed by atoms with Crippen LogP contribution >= 0.6 is 0 Å². The summed E-state index contributed by atoms with van der Waals surface area (Å²) in [5.41, 5.74) is 8.44. The molecule has 0 fully saturated rings. The molecule has 2 heteroatoms. The first-order chi connectivity index (χ1) is 16.3. The third-order valence-corrected chi connectivity index (χ3v) is 6.37. The average molecular weight is 423 g/mol. The third kappa shape index (κ3) is 3.46. The van der Waals surface area contributed by atoms with Gasteiger partial charge in [-0.3, -0.25) is 0 Å². The van der Waals surface area contributed by atoms with Crippen molar-refractivity contribution >= 4 is 21.5 Å². The van der Waals surface area contributed by atoms with Gasteiger partial charge in [0, 0.05) is 18.0 Å². The molecule has 6 rings (SSSR count). The van der Waals surface area contributed by atoms with E-state index in [0.717, 1.165) is 11.1 Å². The van der Waals surface area contributed by atoms with Crippen molar-refractivity contribution in [2.45, 2.75) is 6.92 Å². The van der Waals surface area contributed by atoms with E-state index in [2.05, 4.69) is 114 Å². The molecule has 0 aliphatic heterocycles. The van der Waals surface area contributed by atoms with E-state index in [0.29, 0.717) is 0 Å². The number of hydrogen-bond donors (Lipinski definition) is 0. The monoisotopic (exact) mass is 422 g/mol. The molecule has 0 aliphatic rings. The fourth-order valence-corrected chi connectivity index (χ4v) is 4.71. The molecule has 0 spiro atoms. The summed E-state index contributed by atoms with van der Waals surface area (Å²) in [6.45, 7) is 2.19. The van der Waals surface area contributed by atoms with Crippen LogP contribution < -0.4 is 0 Å². The topological polar surface area (TPSA) is 25.8 Å². The number of nitrogens with zero attached hydrogens (tertiary/aromatic N) is 2. The smallest absolute Gasteiger partial charge is 0.115 e. The van der Waals surface area contributed by atoms with Crippen molar-refractivity contribution < 1.29 is 0 Å². The maximum Gasteiger partial charge on any atom is 0.115 e. The maximum absolute atomic E-state index is 4.20. The summed E-state index contributed by atoms with van der Waals surface area (Å²) in [7, 11) is 0. The maximum atomic E-state index is 4.20. The third-order valence-electron chi connectivity index (χ3n) is 6.37. The van der Waals surface area contributed by atoms with E-state index in [4.69, 9.17) is 0 Å². The summed E-state index contributed by atoms with van der Waals surface area (Å²) >= 11 is 0. The summed E-state index contributed by atoms with van der Waals surface area (Å²) in [5, 5.41) is 4.98. The number of aromatic nitrogens is 2. The zero-order valence-electron chi connectivity index (χ0n) is 18.4. The Morgan fingerprint density at radius 1 is 0.515 bits per heavy atom. The van der Waals surface area contributed by atoms with Gasteiger partial charge in [-0.25, -0.2) is 9.97 Å². The van der Waals surface area contributed by atoms with E-state index >= 15 is 0 Å². The van der Waals surface area contributed by atoms with Crippen molar-refractivity contribution in [2.75, 3.05) is 0 Å². The predicted octanol–water partition coefficient (Wildman–Crippen LogP) is 8.09. The molecular weight excluding hydrogens is 400 g/mol. The van der Waals surface area contributed by atoms with Crippen LogP contribution in [0.4, 0.5) is 0 Å². The van der Waals surface area contributed by atoms with Gasteiger partial charge >= 0.3 is 0 Å². The summed E-state index contributed by atoms with van der Waals surface area (Å²) in [6, 6.07) is 35.0. The van der Waals surface area contributed by atoms with Gasteiger partial charge in [0.15, 0.2) is 0 Å². The highest BCUT2D eigenvalue weighted by atomic mass is 14.8. The Labute approximate surface area is 193 Å². The Hall–Kier alpha value is -4.30. The number of hydrogen-bond acceptors (Lipinski definition) is 2. The van der Waals surface area contributed by atoms with Crippen molar-refractivity contribution in [1.29, 1.82) is 0 Å². The SMILES string of the molecule is Cc1ccccc1-c1c2ccc(-c3ccccc3)cc2cc2cc(-c3cncnc3)ccc12. The molecule has 0 saturated heterocycles. The molecule has 0 radical (unpaired) electrons. The van der Waals surface area contributed by atoms with Crippen molar-refractivity contribution in [1.82, 2.24) is 9.97 Å². The lowest BCUT2D eigenvalue weighted by Gasteiger charge is -2.16. The normalized spacial score (nSPS) is 11.2. The second kappa shape index (κ2) is 7.99. The second-order valence-corrected chi connectivity index (χ2v) is 8.43. The van der Waals surface area contributed by atoms with Crippen LogP contribution in [0.2, 0.25) is 0 Å². The van der Waals surface area contributed by atoms with Gasteiger partial charge in [-0.15, -0.1) is 0 Å². The van der Waals surface area contributed by atoms with E-state index in [1.165, 1.54) is 49.4 Å². The van der Waals surface area contributed by atoms with Crippen LogP contribution in [0.1, 0.15) is 5.56 Å². The molecule has 0 N–H and O–H groups in total. The zero-order chi connectivity index (χ0) is 22.2. The van der Waals surface area contributed by atoms with E-state index in [9.17, 15) is 0 Å². The van der Waals surface area contributed by atoms with Gasteiger partial charge in [-0.2, -0.15) is 0 Å². The highest BCUT2D eigenvalue weighted by Gasteiger charge is 2.13. The largest absolute Gasteiger partial charge is 0.244 e. The molecule has 1 heterocycles. The number of rotatable bonds is 3. The molecule has 5 aromatic carbocycles. The van der Waals surface area contributed by atoms with Crippen molar-refractivity contribution in [3.05, 3.63) is 121 Å². The first-order valence-corrected chi connectivity index (χ1v) is 11.2. The van der Waals surface area contributed by atoms with E-state index in [-0.39, 0.29) is 0 Å². The zero-order valence-corrected chi connectivity index (χ0v) is 18.4.